The van der Waals surface area contributed by atoms with E-state index in [1.807, 2.05) is 0 Å². The zero-order valence-corrected chi connectivity index (χ0v) is 11.8. The molecule has 7 heteroatoms. The van der Waals surface area contributed by atoms with Gasteiger partial charge in [-0.3, -0.25) is 4.31 Å². The third-order valence-electron chi connectivity index (χ3n) is 2.77. The zero-order valence-electron chi connectivity index (χ0n) is 9.49. The van der Waals surface area contributed by atoms with E-state index in [-0.39, 0.29) is 5.28 Å². The summed E-state index contributed by atoms with van der Waals surface area (Å²) in [4.78, 5) is 7.93. The van der Waals surface area contributed by atoms with Crippen LogP contribution in [0.4, 0.5) is 5.82 Å². The predicted molar refractivity (Wildman–Crippen MR) is 73.8 cm³/mol. The molecule has 1 aliphatic rings. The Bertz CT molecular complexity index is 383. The maximum Gasteiger partial charge on any atom is 0.224 e. The molecule has 1 aromatic rings. The summed E-state index contributed by atoms with van der Waals surface area (Å²) < 4.78 is 2.35. The predicted octanol–water partition coefficient (Wildman–Crippen LogP) is 2.94. The first kappa shape index (κ1) is 13.2. The van der Waals surface area contributed by atoms with E-state index in [2.05, 4.69) is 25.8 Å². The molecular formula is C10H14Cl2N4S. The number of nitrogens with one attached hydrogen (secondary N) is 1. The van der Waals surface area contributed by atoms with Gasteiger partial charge in [0.15, 0.2) is 0 Å². The Morgan fingerprint density at radius 1 is 1.41 bits per heavy atom. The van der Waals surface area contributed by atoms with E-state index in [0.29, 0.717) is 16.9 Å². The molecule has 1 fully saturated rings. The lowest BCUT2D eigenvalue weighted by Gasteiger charge is -2.30. The Morgan fingerprint density at radius 3 is 2.76 bits per heavy atom. The van der Waals surface area contributed by atoms with Crippen LogP contribution >= 0.6 is 35.1 Å². The first-order valence-electron chi connectivity index (χ1n) is 5.42. The van der Waals surface area contributed by atoms with Gasteiger partial charge in [-0.25, -0.2) is 4.98 Å². The van der Waals surface area contributed by atoms with Crippen molar-refractivity contribution in [3.8, 4) is 0 Å². The quantitative estimate of drug-likeness (QED) is 0.685. The fourth-order valence-electron chi connectivity index (χ4n) is 1.82. The van der Waals surface area contributed by atoms with Gasteiger partial charge >= 0.3 is 0 Å². The summed E-state index contributed by atoms with van der Waals surface area (Å²) in [5.74, 6) is 0.634. The highest BCUT2D eigenvalue weighted by molar-refractivity contribution is 7.96. The van der Waals surface area contributed by atoms with Crippen molar-refractivity contribution >= 4 is 41.0 Å². The molecule has 94 valence electrons. The normalized spacial score (nSPS) is 18.3. The Hall–Kier alpha value is -0.230. The van der Waals surface area contributed by atoms with Crippen molar-refractivity contribution in [2.45, 2.75) is 18.9 Å². The molecule has 17 heavy (non-hydrogen) atoms. The molecule has 0 aliphatic carbocycles. The van der Waals surface area contributed by atoms with E-state index < -0.39 is 0 Å². The lowest BCUT2D eigenvalue weighted by atomic mass is 10.1. The Balaban J connectivity index is 1.95. The fraction of sp³-hybridized carbons (Fsp3) is 0.600. The van der Waals surface area contributed by atoms with Crippen LogP contribution in [0.1, 0.15) is 12.8 Å². The molecule has 1 aliphatic heterocycles. The number of hydrogen-bond acceptors (Lipinski definition) is 5. The minimum absolute atomic E-state index is 0.221. The average molecular weight is 293 g/mol. The first-order valence-corrected chi connectivity index (χ1v) is 7.36. The number of piperidine rings is 1. The maximum absolute atomic E-state index is 6.01. The second-order valence-corrected chi connectivity index (χ2v) is 5.49. The van der Waals surface area contributed by atoms with E-state index in [9.17, 15) is 0 Å². The summed E-state index contributed by atoms with van der Waals surface area (Å²) in [5, 5.41) is 4.07. The van der Waals surface area contributed by atoms with Crippen LogP contribution in [-0.4, -0.2) is 39.7 Å². The molecule has 0 spiro atoms. The molecule has 2 rings (SSSR count). The number of nitrogens with zero attached hydrogens (tertiary/aromatic N) is 3. The highest BCUT2D eigenvalue weighted by atomic mass is 35.5. The van der Waals surface area contributed by atoms with Gasteiger partial charge in [-0.15, -0.1) is 0 Å². The smallest absolute Gasteiger partial charge is 0.224 e. The van der Waals surface area contributed by atoms with Gasteiger partial charge in [-0.05, 0) is 30.7 Å². The van der Waals surface area contributed by atoms with Gasteiger partial charge in [0.25, 0.3) is 0 Å². The molecule has 0 aromatic carbocycles. The van der Waals surface area contributed by atoms with Crippen LogP contribution in [0, 0.1) is 0 Å². The minimum Gasteiger partial charge on any atom is -0.366 e. The molecule has 1 saturated heterocycles. The summed E-state index contributed by atoms with van der Waals surface area (Å²) >= 11 is 13.6. The van der Waals surface area contributed by atoms with Crippen molar-refractivity contribution in [2.24, 2.45) is 0 Å². The van der Waals surface area contributed by atoms with Gasteiger partial charge in [0, 0.05) is 19.1 Å². The molecule has 2 heterocycles. The second-order valence-electron chi connectivity index (χ2n) is 3.87. The van der Waals surface area contributed by atoms with Crippen LogP contribution in [0.15, 0.2) is 6.20 Å². The van der Waals surface area contributed by atoms with Crippen LogP contribution in [0.2, 0.25) is 10.3 Å². The van der Waals surface area contributed by atoms with Crippen molar-refractivity contribution in [3.05, 3.63) is 16.5 Å². The number of hydrogen-bond donors (Lipinski definition) is 1. The van der Waals surface area contributed by atoms with Crippen molar-refractivity contribution in [2.75, 3.05) is 24.7 Å². The SMILES string of the molecule is CSN1CCC(Nc2nc(Cl)ncc2Cl)CC1. The molecular weight excluding hydrogens is 279 g/mol. The van der Waals surface area contributed by atoms with Crippen LogP contribution in [-0.2, 0) is 0 Å². The summed E-state index contributed by atoms with van der Waals surface area (Å²) in [6.07, 6.45) is 5.79. The lowest BCUT2D eigenvalue weighted by molar-refractivity contribution is 0.359. The number of rotatable bonds is 3. The third-order valence-corrected chi connectivity index (χ3v) is 4.11. The van der Waals surface area contributed by atoms with Crippen LogP contribution < -0.4 is 5.32 Å². The summed E-state index contributed by atoms with van der Waals surface area (Å²) in [6, 6.07) is 0.405. The molecule has 0 unspecified atom stereocenters. The summed E-state index contributed by atoms with van der Waals surface area (Å²) in [6.45, 7) is 2.16. The monoisotopic (exact) mass is 292 g/mol. The van der Waals surface area contributed by atoms with Gasteiger partial charge in [0.1, 0.15) is 10.8 Å². The summed E-state index contributed by atoms with van der Waals surface area (Å²) in [5.41, 5.74) is 0. The molecule has 1 N–H and O–H groups in total. The second kappa shape index (κ2) is 6.09. The third kappa shape index (κ3) is 3.61. The van der Waals surface area contributed by atoms with Crippen LogP contribution in [0.5, 0.6) is 0 Å². The molecule has 0 saturated carbocycles. The Morgan fingerprint density at radius 2 is 2.12 bits per heavy atom. The maximum atomic E-state index is 6.01. The summed E-state index contributed by atoms with van der Waals surface area (Å²) in [7, 11) is 0. The van der Waals surface area contributed by atoms with Crippen molar-refractivity contribution < 1.29 is 0 Å². The minimum atomic E-state index is 0.221. The Labute approximate surface area is 115 Å². The van der Waals surface area contributed by atoms with Gasteiger partial charge in [-0.2, -0.15) is 4.98 Å². The van der Waals surface area contributed by atoms with Crippen LogP contribution in [0.25, 0.3) is 0 Å². The van der Waals surface area contributed by atoms with E-state index >= 15 is 0 Å². The zero-order chi connectivity index (χ0) is 12.3. The molecule has 0 bridgehead atoms. The number of aromatic nitrogens is 2. The van der Waals surface area contributed by atoms with Crippen molar-refractivity contribution in [3.63, 3.8) is 0 Å². The topological polar surface area (TPSA) is 41.0 Å². The van der Waals surface area contributed by atoms with Gasteiger partial charge < -0.3 is 5.32 Å². The number of anilines is 1. The van der Waals surface area contributed by atoms with E-state index in [4.69, 9.17) is 23.2 Å². The first-order chi connectivity index (χ1) is 8.19. The average Bonchev–Trinajstić information content (AvgIpc) is 2.35. The molecule has 0 radical (unpaired) electrons. The van der Waals surface area contributed by atoms with Crippen molar-refractivity contribution in [1.82, 2.24) is 14.3 Å². The number of halogens is 2. The fourth-order valence-corrected chi connectivity index (χ4v) is 2.68. The molecule has 0 atom stereocenters. The van der Waals surface area contributed by atoms with Gasteiger partial charge in [0.05, 0.1) is 6.20 Å². The highest BCUT2D eigenvalue weighted by Gasteiger charge is 2.19. The Kier molecular flexibility index (Phi) is 4.73. The van der Waals surface area contributed by atoms with E-state index in [0.717, 1.165) is 25.9 Å². The highest BCUT2D eigenvalue weighted by Crippen LogP contribution is 2.24. The lowest BCUT2D eigenvalue weighted by Crippen LogP contribution is -2.35. The van der Waals surface area contributed by atoms with Crippen molar-refractivity contribution in [1.29, 1.82) is 0 Å². The molecule has 1 aromatic heterocycles. The molecule has 4 nitrogen and oxygen atoms in total. The molecule has 0 amide bonds. The standard InChI is InChI=1S/C10H14Cl2N4S/c1-17-16-4-2-7(3-5-16)14-9-8(11)6-13-10(12)15-9/h6-7H,2-5H2,1H3,(H,13,14,15). The van der Waals surface area contributed by atoms with Gasteiger partial charge in [-0.1, -0.05) is 23.5 Å². The largest absolute Gasteiger partial charge is 0.366 e. The van der Waals surface area contributed by atoms with Gasteiger partial charge in [0.2, 0.25) is 5.28 Å². The van der Waals surface area contributed by atoms with E-state index in [1.54, 1.807) is 11.9 Å². The van der Waals surface area contributed by atoms with Crippen LogP contribution in [0.3, 0.4) is 0 Å². The van der Waals surface area contributed by atoms with E-state index in [1.165, 1.54) is 6.20 Å².